The van der Waals surface area contributed by atoms with Gasteiger partial charge in [-0.1, -0.05) is 0 Å². The van der Waals surface area contributed by atoms with Gasteiger partial charge in [-0.3, -0.25) is 0 Å². The molecule has 1 unspecified atom stereocenters. The van der Waals surface area contributed by atoms with E-state index in [0.717, 1.165) is 5.76 Å². The molecule has 0 amide bonds. The average Bonchev–Trinajstić information content (AvgIpc) is 1.59. The summed E-state index contributed by atoms with van der Waals surface area (Å²) in [5.41, 5.74) is 0. The Morgan fingerprint density at radius 1 is 1.44 bits per heavy atom. The van der Waals surface area contributed by atoms with Crippen LogP contribution in [0.1, 0.15) is 20.8 Å². The highest BCUT2D eigenvalue weighted by molar-refractivity contribution is 4.95. The standard InChI is InChI=1S/C7H12O2/c1-5-4-6(2)9-7(3)8-5/h4-5,7H,1-3H3/t5?,7-/m0/s1. The molecular weight excluding hydrogens is 116 g/mol. The van der Waals surface area contributed by atoms with Crippen LogP contribution in [0.5, 0.6) is 0 Å². The monoisotopic (exact) mass is 128 g/mol. The second-order valence-corrected chi connectivity index (χ2v) is 2.30. The molecule has 0 aliphatic carbocycles. The lowest BCUT2D eigenvalue weighted by molar-refractivity contribution is -0.137. The van der Waals surface area contributed by atoms with Gasteiger partial charge >= 0.3 is 0 Å². The van der Waals surface area contributed by atoms with Crippen molar-refractivity contribution in [3.8, 4) is 0 Å². The second-order valence-electron chi connectivity index (χ2n) is 2.30. The molecule has 52 valence electrons. The summed E-state index contributed by atoms with van der Waals surface area (Å²) in [5.74, 6) is 0.959. The van der Waals surface area contributed by atoms with Crippen molar-refractivity contribution in [3.05, 3.63) is 11.8 Å². The molecule has 0 N–H and O–H groups in total. The van der Waals surface area contributed by atoms with Gasteiger partial charge in [0, 0.05) is 0 Å². The van der Waals surface area contributed by atoms with Gasteiger partial charge in [0.15, 0.2) is 6.29 Å². The Kier molecular flexibility index (Phi) is 1.76. The van der Waals surface area contributed by atoms with Gasteiger partial charge in [-0.05, 0) is 26.8 Å². The molecule has 0 spiro atoms. The molecule has 0 aromatic carbocycles. The summed E-state index contributed by atoms with van der Waals surface area (Å²) in [7, 11) is 0. The van der Waals surface area contributed by atoms with Crippen molar-refractivity contribution >= 4 is 0 Å². The average molecular weight is 128 g/mol. The molecule has 1 aliphatic rings. The molecule has 1 rings (SSSR count). The van der Waals surface area contributed by atoms with Crippen molar-refractivity contribution in [2.75, 3.05) is 0 Å². The zero-order chi connectivity index (χ0) is 6.85. The number of hydrogen-bond donors (Lipinski definition) is 0. The first-order valence-electron chi connectivity index (χ1n) is 3.19. The second kappa shape index (κ2) is 2.40. The minimum atomic E-state index is -0.0787. The molecule has 0 radical (unpaired) electrons. The van der Waals surface area contributed by atoms with E-state index in [4.69, 9.17) is 9.47 Å². The number of rotatable bonds is 0. The third-order valence-corrected chi connectivity index (χ3v) is 1.23. The summed E-state index contributed by atoms with van der Waals surface area (Å²) in [6, 6.07) is 0. The van der Waals surface area contributed by atoms with E-state index in [-0.39, 0.29) is 12.4 Å². The maximum Gasteiger partial charge on any atom is 0.197 e. The highest BCUT2D eigenvalue weighted by Crippen LogP contribution is 2.13. The summed E-state index contributed by atoms with van der Waals surface area (Å²) in [5, 5.41) is 0. The van der Waals surface area contributed by atoms with Crippen LogP contribution >= 0.6 is 0 Å². The van der Waals surface area contributed by atoms with E-state index in [9.17, 15) is 0 Å². The molecule has 2 atom stereocenters. The summed E-state index contributed by atoms with van der Waals surface area (Å²) < 4.78 is 10.5. The largest absolute Gasteiger partial charge is 0.470 e. The maximum atomic E-state index is 5.26. The normalized spacial score (nSPS) is 35.2. The van der Waals surface area contributed by atoms with Crippen molar-refractivity contribution in [3.63, 3.8) is 0 Å². The Hall–Kier alpha value is -0.500. The molecule has 0 bridgehead atoms. The van der Waals surface area contributed by atoms with Gasteiger partial charge in [-0.25, -0.2) is 0 Å². The fourth-order valence-corrected chi connectivity index (χ4v) is 1.00. The van der Waals surface area contributed by atoms with Crippen LogP contribution in [0, 0.1) is 0 Å². The van der Waals surface area contributed by atoms with Gasteiger partial charge in [0.2, 0.25) is 0 Å². The number of allylic oxidation sites excluding steroid dienone is 1. The van der Waals surface area contributed by atoms with Gasteiger partial charge in [0.05, 0.1) is 11.9 Å². The first-order chi connectivity index (χ1) is 4.18. The summed E-state index contributed by atoms with van der Waals surface area (Å²) in [4.78, 5) is 0. The van der Waals surface area contributed by atoms with Gasteiger partial charge in [0.1, 0.15) is 0 Å². The zero-order valence-electron chi connectivity index (χ0n) is 6.05. The molecule has 2 heteroatoms. The highest BCUT2D eigenvalue weighted by Gasteiger charge is 2.13. The lowest BCUT2D eigenvalue weighted by Gasteiger charge is -2.24. The number of ether oxygens (including phenoxy) is 2. The third-order valence-electron chi connectivity index (χ3n) is 1.23. The molecule has 0 saturated carbocycles. The van der Waals surface area contributed by atoms with E-state index in [2.05, 4.69) is 0 Å². The summed E-state index contributed by atoms with van der Waals surface area (Å²) >= 11 is 0. The molecular formula is C7H12O2. The molecule has 0 aromatic heterocycles. The van der Waals surface area contributed by atoms with Crippen molar-refractivity contribution in [2.24, 2.45) is 0 Å². The van der Waals surface area contributed by atoms with Crippen LogP contribution in [0.3, 0.4) is 0 Å². The maximum absolute atomic E-state index is 5.26. The molecule has 0 aromatic rings. The molecule has 0 fully saturated rings. The Bertz CT molecular complexity index is 129. The van der Waals surface area contributed by atoms with E-state index >= 15 is 0 Å². The van der Waals surface area contributed by atoms with Gasteiger partial charge in [0.25, 0.3) is 0 Å². The van der Waals surface area contributed by atoms with E-state index in [1.807, 2.05) is 26.8 Å². The minimum Gasteiger partial charge on any atom is -0.470 e. The fraction of sp³-hybridized carbons (Fsp3) is 0.714. The van der Waals surface area contributed by atoms with Crippen LogP contribution in [0.2, 0.25) is 0 Å². The Morgan fingerprint density at radius 2 is 2.11 bits per heavy atom. The molecule has 9 heavy (non-hydrogen) atoms. The lowest BCUT2D eigenvalue weighted by Crippen LogP contribution is -2.22. The minimum absolute atomic E-state index is 0.0787. The first kappa shape index (κ1) is 6.62. The quantitative estimate of drug-likeness (QED) is 0.494. The molecule has 0 saturated heterocycles. The Balaban J connectivity index is 2.56. The summed E-state index contributed by atoms with van der Waals surface area (Å²) in [6.45, 7) is 5.84. The Morgan fingerprint density at radius 3 is 2.56 bits per heavy atom. The Labute approximate surface area is 55.5 Å². The van der Waals surface area contributed by atoms with Gasteiger partial charge < -0.3 is 9.47 Å². The fourth-order valence-electron chi connectivity index (χ4n) is 1.00. The first-order valence-corrected chi connectivity index (χ1v) is 3.19. The number of hydrogen-bond acceptors (Lipinski definition) is 2. The zero-order valence-corrected chi connectivity index (χ0v) is 6.05. The van der Waals surface area contributed by atoms with Crippen molar-refractivity contribution in [1.29, 1.82) is 0 Å². The lowest BCUT2D eigenvalue weighted by atomic mass is 10.3. The highest BCUT2D eigenvalue weighted by atomic mass is 16.7. The summed E-state index contributed by atoms with van der Waals surface area (Å²) in [6.07, 6.45) is 2.08. The smallest absolute Gasteiger partial charge is 0.197 e. The van der Waals surface area contributed by atoms with Crippen LogP contribution < -0.4 is 0 Å². The van der Waals surface area contributed by atoms with E-state index in [0.29, 0.717) is 0 Å². The van der Waals surface area contributed by atoms with Crippen molar-refractivity contribution in [2.45, 2.75) is 33.2 Å². The molecule has 1 aliphatic heterocycles. The van der Waals surface area contributed by atoms with Crippen LogP contribution in [-0.2, 0) is 9.47 Å². The van der Waals surface area contributed by atoms with Crippen LogP contribution in [0.15, 0.2) is 11.8 Å². The molecule has 1 heterocycles. The third kappa shape index (κ3) is 1.72. The van der Waals surface area contributed by atoms with E-state index < -0.39 is 0 Å². The predicted molar refractivity (Wildman–Crippen MR) is 34.9 cm³/mol. The van der Waals surface area contributed by atoms with Gasteiger partial charge in [-0.2, -0.15) is 0 Å². The topological polar surface area (TPSA) is 18.5 Å². The van der Waals surface area contributed by atoms with Crippen molar-refractivity contribution < 1.29 is 9.47 Å². The predicted octanol–water partition coefficient (Wildman–Crippen LogP) is 1.67. The van der Waals surface area contributed by atoms with Gasteiger partial charge in [-0.15, -0.1) is 0 Å². The van der Waals surface area contributed by atoms with Crippen molar-refractivity contribution in [1.82, 2.24) is 0 Å². The van der Waals surface area contributed by atoms with Crippen LogP contribution in [-0.4, -0.2) is 12.4 Å². The molecule has 2 nitrogen and oxygen atoms in total. The van der Waals surface area contributed by atoms with E-state index in [1.165, 1.54) is 0 Å². The van der Waals surface area contributed by atoms with Crippen LogP contribution in [0.4, 0.5) is 0 Å². The SMILES string of the molecule is CC1=CC(C)O[C@H](C)O1. The van der Waals surface area contributed by atoms with Crippen LogP contribution in [0.25, 0.3) is 0 Å². The van der Waals surface area contributed by atoms with E-state index in [1.54, 1.807) is 0 Å².